The number of rotatable bonds is 3. The van der Waals surface area contributed by atoms with E-state index in [0.717, 1.165) is 27.1 Å². The number of ether oxygens (including phenoxy) is 2. The van der Waals surface area contributed by atoms with E-state index >= 15 is 0 Å². The first-order chi connectivity index (χ1) is 13.7. The van der Waals surface area contributed by atoms with Crippen molar-refractivity contribution in [3.05, 3.63) is 86.2 Å². The fraction of sp³-hybridized carbons (Fsp3) is 0.250. The summed E-state index contributed by atoms with van der Waals surface area (Å²) in [6.07, 6.45) is 0.845. The topological polar surface area (TPSA) is 79.8 Å². The van der Waals surface area contributed by atoms with E-state index in [1.165, 1.54) is 15.6 Å². The van der Waals surface area contributed by atoms with Gasteiger partial charge >= 0.3 is 11.4 Å². The molecule has 1 aromatic heterocycles. The van der Waals surface area contributed by atoms with Gasteiger partial charge in [-0.25, -0.2) is 14.3 Å². The van der Waals surface area contributed by atoms with Gasteiger partial charge in [0.2, 0.25) is 0 Å². The molecule has 3 aliphatic rings. The number of hydrogen-bond acceptors (Lipinski definition) is 5. The second-order valence-electron chi connectivity index (χ2n) is 7.18. The van der Waals surface area contributed by atoms with Crippen molar-refractivity contribution < 1.29 is 9.47 Å². The van der Waals surface area contributed by atoms with Crippen LogP contribution in [-0.2, 0) is 4.74 Å². The van der Waals surface area contributed by atoms with Crippen molar-refractivity contribution >= 4 is 6.21 Å². The molecule has 2 aliphatic heterocycles. The van der Waals surface area contributed by atoms with Gasteiger partial charge in [-0.3, -0.25) is 0 Å². The summed E-state index contributed by atoms with van der Waals surface area (Å²) in [5, 5.41) is 4.14. The molecule has 6 rings (SSSR count). The SMILES string of the molecule is COc1ccc(/C=N/n2c(=O)n3n(c2=O)[C@H]2O[C@H]4c5ccccc5[C@H]2[C@H]43)cc1. The molecule has 140 valence electrons. The van der Waals surface area contributed by atoms with Gasteiger partial charge in [0.25, 0.3) is 0 Å². The smallest absolute Gasteiger partial charge is 0.370 e. The Balaban J connectivity index is 1.41. The molecule has 0 unspecified atom stereocenters. The standard InChI is InChI=1S/C20H16N4O4/c1-27-12-8-6-11(7-9-12)10-21-22-19(25)23-16-15-13-4-2-3-5-14(13)17(16)28-18(15)24(23)20(22)26/h2-10,15-18H,1H3/b21-10+/t15-,16+,17-,18-/m0/s1. The van der Waals surface area contributed by atoms with Crippen LogP contribution in [-0.4, -0.2) is 27.4 Å². The van der Waals surface area contributed by atoms with Gasteiger partial charge in [0.15, 0.2) is 6.23 Å². The average molecular weight is 376 g/mol. The maximum absolute atomic E-state index is 13.0. The summed E-state index contributed by atoms with van der Waals surface area (Å²) in [6, 6.07) is 15.0. The lowest BCUT2D eigenvalue weighted by Crippen LogP contribution is -2.32. The molecule has 4 atom stereocenters. The van der Waals surface area contributed by atoms with Crippen LogP contribution in [0.15, 0.2) is 63.2 Å². The lowest BCUT2D eigenvalue weighted by Gasteiger charge is -2.26. The number of benzene rings is 2. The fourth-order valence-electron chi connectivity index (χ4n) is 4.71. The summed E-state index contributed by atoms with van der Waals surface area (Å²) >= 11 is 0. The zero-order valence-electron chi connectivity index (χ0n) is 14.9. The predicted molar refractivity (Wildman–Crippen MR) is 100 cm³/mol. The molecule has 0 amide bonds. The molecule has 1 saturated heterocycles. The number of hydrogen-bond donors (Lipinski definition) is 0. The van der Waals surface area contributed by atoms with Gasteiger partial charge in [-0.15, -0.1) is 4.68 Å². The molecule has 0 saturated carbocycles. The van der Waals surface area contributed by atoms with Crippen molar-refractivity contribution in [3.8, 4) is 5.75 Å². The number of aromatic nitrogens is 3. The summed E-state index contributed by atoms with van der Waals surface area (Å²) in [5.74, 6) is 0.725. The second kappa shape index (κ2) is 5.32. The van der Waals surface area contributed by atoms with E-state index in [0.29, 0.717) is 0 Å². The molecule has 3 aromatic rings. The molecule has 0 spiro atoms. The van der Waals surface area contributed by atoms with Crippen LogP contribution in [0.25, 0.3) is 0 Å². The Kier molecular flexibility index (Phi) is 2.98. The Hall–Kier alpha value is -3.39. The van der Waals surface area contributed by atoms with E-state index in [2.05, 4.69) is 11.2 Å². The molecule has 28 heavy (non-hydrogen) atoms. The Morgan fingerprint density at radius 1 is 1.00 bits per heavy atom. The zero-order chi connectivity index (χ0) is 19.0. The average Bonchev–Trinajstić information content (AvgIpc) is 3.43. The lowest BCUT2D eigenvalue weighted by molar-refractivity contribution is -0.0557. The third-order valence-electron chi connectivity index (χ3n) is 5.88. The van der Waals surface area contributed by atoms with E-state index in [4.69, 9.17) is 9.47 Å². The van der Waals surface area contributed by atoms with Crippen molar-refractivity contribution in [2.24, 2.45) is 5.10 Å². The summed E-state index contributed by atoms with van der Waals surface area (Å²) in [6.45, 7) is 0. The van der Waals surface area contributed by atoms with Crippen LogP contribution in [0, 0.1) is 0 Å². The highest BCUT2D eigenvalue weighted by molar-refractivity contribution is 5.79. The number of fused-ring (bicyclic) bond motifs is 4. The highest BCUT2D eigenvalue weighted by Gasteiger charge is 2.61. The minimum atomic E-state index is -0.481. The van der Waals surface area contributed by atoms with Gasteiger partial charge in [-0.2, -0.15) is 9.78 Å². The van der Waals surface area contributed by atoms with Crippen molar-refractivity contribution in [1.82, 2.24) is 14.0 Å². The first-order valence-electron chi connectivity index (χ1n) is 9.08. The van der Waals surface area contributed by atoms with Crippen LogP contribution < -0.4 is 16.1 Å². The van der Waals surface area contributed by atoms with Gasteiger partial charge in [0.05, 0.1) is 25.3 Å². The van der Waals surface area contributed by atoms with Crippen molar-refractivity contribution in [2.45, 2.75) is 24.3 Å². The molecule has 8 heteroatoms. The van der Waals surface area contributed by atoms with E-state index < -0.39 is 17.6 Å². The normalized spacial score (nSPS) is 26.0. The van der Waals surface area contributed by atoms with Crippen molar-refractivity contribution in [1.29, 1.82) is 0 Å². The van der Waals surface area contributed by atoms with Crippen LogP contribution in [0.3, 0.4) is 0 Å². The van der Waals surface area contributed by atoms with E-state index in [9.17, 15) is 9.59 Å². The maximum Gasteiger partial charge on any atom is 0.370 e. The first-order valence-corrected chi connectivity index (χ1v) is 9.08. The quantitative estimate of drug-likeness (QED) is 0.651. The van der Waals surface area contributed by atoms with Crippen LogP contribution in [0.1, 0.15) is 41.0 Å². The predicted octanol–water partition coefficient (Wildman–Crippen LogP) is 1.62. The minimum absolute atomic E-state index is 0.00168. The van der Waals surface area contributed by atoms with Crippen molar-refractivity contribution in [2.75, 3.05) is 7.11 Å². The Bertz CT molecular complexity index is 1250. The molecular weight excluding hydrogens is 360 g/mol. The second-order valence-corrected chi connectivity index (χ2v) is 7.18. The molecule has 1 aliphatic carbocycles. The Morgan fingerprint density at radius 3 is 2.46 bits per heavy atom. The maximum atomic E-state index is 13.0. The molecule has 0 radical (unpaired) electrons. The molecule has 3 heterocycles. The molecule has 8 nitrogen and oxygen atoms in total. The molecule has 1 fully saturated rings. The number of nitrogens with zero attached hydrogens (tertiary/aromatic N) is 4. The van der Waals surface area contributed by atoms with E-state index in [1.807, 2.05) is 18.2 Å². The summed E-state index contributed by atoms with van der Waals surface area (Å²) in [5.41, 5.74) is 2.11. The largest absolute Gasteiger partial charge is 0.497 e. The summed E-state index contributed by atoms with van der Waals surface area (Å²) < 4.78 is 15.0. The van der Waals surface area contributed by atoms with E-state index in [1.54, 1.807) is 31.4 Å². The van der Waals surface area contributed by atoms with Gasteiger partial charge in [-0.1, -0.05) is 24.3 Å². The highest BCUT2D eigenvalue weighted by Crippen LogP contribution is 2.64. The Labute approximate surface area is 158 Å². The summed E-state index contributed by atoms with van der Waals surface area (Å²) in [4.78, 5) is 25.9. The van der Waals surface area contributed by atoms with Crippen LogP contribution in [0.4, 0.5) is 0 Å². The molecular formula is C20H16N4O4. The van der Waals surface area contributed by atoms with Crippen LogP contribution in [0.2, 0.25) is 0 Å². The summed E-state index contributed by atoms with van der Waals surface area (Å²) in [7, 11) is 1.59. The van der Waals surface area contributed by atoms with Gasteiger partial charge < -0.3 is 9.47 Å². The molecule has 0 N–H and O–H groups in total. The third-order valence-corrected chi connectivity index (χ3v) is 5.88. The van der Waals surface area contributed by atoms with Gasteiger partial charge in [0.1, 0.15) is 11.9 Å². The van der Waals surface area contributed by atoms with Gasteiger partial charge in [0, 0.05) is 0 Å². The number of methoxy groups -OCH3 is 1. The van der Waals surface area contributed by atoms with Crippen LogP contribution in [0.5, 0.6) is 5.75 Å². The van der Waals surface area contributed by atoms with Gasteiger partial charge in [-0.05, 0) is 41.0 Å². The Morgan fingerprint density at radius 2 is 1.71 bits per heavy atom. The monoisotopic (exact) mass is 376 g/mol. The minimum Gasteiger partial charge on any atom is -0.497 e. The van der Waals surface area contributed by atoms with Crippen LogP contribution >= 0.6 is 0 Å². The molecule has 4 bridgehead atoms. The highest BCUT2D eigenvalue weighted by atomic mass is 16.5. The molecule has 2 aromatic carbocycles. The van der Waals surface area contributed by atoms with E-state index in [-0.39, 0.29) is 18.1 Å². The fourth-order valence-corrected chi connectivity index (χ4v) is 4.71. The first kappa shape index (κ1) is 15.6. The zero-order valence-corrected chi connectivity index (χ0v) is 14.9. The van der Waals surface area contributed by atoms with Crippen molar-refractivity contribution in [3.63, 3.8) is 0 Å². The lowest BCUT2D eigenvalue weighted by atomic mass is 9.98. The third kappa shape index (κ3) is 1.80.